The highest BCUT2D eigenvalue weighted by atomic mass is 28.3. The number of aliphatic imine (C=N–C) groups is 1. The zero-order valence-corrected chi connectivity index (χ0v) is 16.0. The van der Waals surface area contributed by atoms with Crippen molar-refractivity contribution in [1.29, 1.82) is 0 Å². The van der Waals surface area contributed by atoms with E-state index in [1.54, 1.807) is 0 Å². The summed E-state index contributed by atoms with van der Waals surface area (Å²) in [6, 6.07) is 0. The maximum atomic E-state index is 11.7. The monoisotopic (exact) mass is 326 g/mol. The number of amides is 1. The van der Waals surface area contributed by atoms with Gasteiger partial charge in [-0.15, -0.1) is 0 Å². The second-order valence-electron chi connectivity index (χ2n) is 7.09. The minimum Gasteiger partial charge on any atom is -0.444 e. The summed E-state index contributed by atoms with van der Waals surface area (Å²) in [5, 5.41) is 0. The first-order valence-electron chi connectivity index (χ1n) is 7.84. The summed E-state index contributed by atoms with van der Waals surface area (Å²) in [6.45, 7) is 15.4. The Labute approximate surface area is 136 Å². The Bertz CT molecular complexity index is 443. The summed E-state index contributed by atoms with van der Waals surface area (Å²) < 4.78 is 11.0. The standard InChI is InChI=1S/C16H30N2O3Si/c1-8-11-20-14(19)17-13-9-10-16(18(13)5,15(2,3)4)12-21-22(6)7/h8,22H,1,9-12H2,2-7H3/t16-/m1/s1. The van der Waals surface area contributed by atoms with E-state index in [-0.39, 0.29) is 17.6 Å². The zero-order valence-electron chi connectivity index (χ0n) is 14.8. The SMILES string of the molecule is C=CCOC(=O)N=C1CC[C@@](CO[SiH](C)C)(C(C)(C)C)N1C. The number of nitrogens with zero attached hydrogens (tertiary/aromatic N) is 2. The molecule has 1 aliphatic heterocycles. The molecule has 0 bridgehead atoms. The van der Waals surface area contributed by atoms with Crippen LogP contribution in [0, 0.1) is 5.41 Å². The number of carbonyl (C=O) groups excluding carboxylic acids is 1. The molecule has 0 aromatic carbocycles. The number of rotatable bonds is 5. The van der Waals surface area contributed by atoms with E-state index in [1.165, 1.54) is 6.08 Å². The molecule has 1 rings (SSSR count). The molecule has 22 heavy (non-hydrogen) atoms. The molecule has 0 aliphatic carbocycles. The molecule has 5 nitrogen and oxygen atoms in total. The maximum absolute atomic E-state index is 11.7. The largest absolute Gasteiger partial charge is 0.444 e. The third-order valence-corrected chi connectivity index (χ3v) is 5.22. The third-order valence-electron chi connectivity index (χ3n) is 4.39. The number of amidine groups is 1. The van der Waals surface area contributed by atoms with E-state index >= 15 is 0 Å². The van der Waals surface area contributed by atoms with Crippen LogP contribution in [-0.2, 0) is 9.16 Å². The van der Waals surface area contributed by atoms with Crippen LogP contribution in [0.5, 0.6) is 0 Å². The summed E-state index contributed by atoms with van der Waals surface area (Å²) in [7, 11) is 0.900. The number of likely N-dealkylation sites (tertiary alicyclic amines) is 1. The van der Waals surface area contributed by atoms with Crippen molar-refractivity contribution in [1.82, 2.24) is 4.90 Å². The van der Waals surface area contributed by atoms with Gasteiger partial charge in [-0.05, 0) is 24.9 Å². The molecule has 0 aromatic rings. The molecule has 0 radical (unpaired) electrons. The highest BCUT2D eigenvalue weighted by molar-refractivity contribution is 6.48. The van der Waals surface area contributed by atoms with E-state index in [4.69, 9.17) is 9.16 Å². The topological polar surface area (TPSA) is 51.1 Å². The van der Waals surface area contributed by atoms with Crippen LogP contribution in [0.15, 0.2) is 17.6 Å². The van der Waals surface area contributed by atoms with Gasteiger partial charge in [-0.3, -0.25) is 0 Å². The average Bonchev–Trinajstić information content (AvgIpc) is 2.72. The summed E-state index contributed by atoms with van der Waals surface area (Å²) in [5.74, 6) is 0.776. The van der Waals surface area contributed by atoms with Crippen molar-refractivity contribution in [3.63, 3.8) is 0 Å². The van der Waals surface area contributed by atoms with Gasteiger partial charge in [-0.2, -0.15) is 4.99 Å². The molecule has 1 atom stereocenters. The predicted octanol–water partition coefficient (Wildman–Crippen LogP) is 3.22. The van der Waals surface area contributed by atoms with Crippen LogP contribution < -0.4 is 0 Å². The van der Waals surface area contributed by atoms with Crippen LogP contribution >= 0.6 is 0 Å². The minimum atomic E-state index is -1.10. The van der Waals surface area contributed by atoms with Crippen LogP contribution in [0.2, 0.25) is 13.1 Å². The third kappa shape index (κ3) is 4.20. The van der Waals surface area contributed by atoms with Crippen molar-refractivity contribution in [2.24, 2.45) is 10.4 Å². The molecule has 1 aliphatic rings. The van der Waals surface area contributed by atoms with Crippen LogP contribution in [0.1, 0.15) is 33.6 Å². The fourth-order valence-electron chi connectivity index (χ4n) is 2.87. The zero-order chi connectivity index (χ0) is 17.0. The molecule has 1 fully saturated rings. The molecular weight excluding hydrogens is 296 g/mol. The first kappa shape index (κ1) is 18.9. The van der Waals surface area contributed by atoms with E-state index in [9.17, 15) is 4.79 Å². The van der Waals surface area contributed by atoms with Gasteiger partial charge in [0.25, 0.3) is 0 Å². The predicted molar refractivity (Wildman–Crippen MR) is 93.0 cm³/mol. The lowest BCUT2D eigenvalue weighted by Crippen LogP contribution is -2.56. The van der Waals surface area contributed by atoms with Crippen LogP contribution in [0.3, 0.4) is 0 Å². The molecule has 0 N–H and O–H groups in total. The van der Waals surface area contributed by atoms with Crippen molar-refractivity contribution in [3.05, 3.63) is 12.7 Å². The molecule has 0 saturated carbocycles. The Kier molecular flexibility index (Phi) is 6.37. The Morgan fingerprint density at radius 1 is 1.50 bits per heavy atom. The maximum Gasteiger partial charge on any atom is 0.435 e. The van der Waals surface area contributed by atoms with E-state index in [1.807, 2.05) is 7.05 Å². The van der Waals surface area contributed by atoms with E-state index in [0.29, 0.717) is 6.61 Å². The van der Waals surface area contributed by atoms with Crippen molar-refractivity contribution in [3.8, 4) is 0 Å². The Balaban J connectivity index is 2.96. The number of likely N-dealkylation sites (N-methyl/N-ethyl adjacent to an activating group) is 1. The average molecular weight is 327 g/mol. The Morgan fingerprint density at radius 3 is 2.64 bits per heavy atom. The van der Waals surface area contributed by atoms with Crippen LogP contribution in [0.25, 0.3) is 0 Å². The lowest BCUT2D eigenvalue weighted by Gasteiger charge is -2.47. The van der Waals surface area contributed by atoms with E-state index in [2.05, 4.69) is 50.3 Å². The number of hydrogen-bond donors (Lipinski definition) is 0. The van der Waals surface area contributed by atoms with Gasteiger partial charge in [0.05, 0.1) is 12.1 Å². The molecule has 1 amide bonds. The van der Waals surface area contributed by atoms with Gasteiger partial charge >= 0.3 is 6.09 Å². The van der Waals surface area contributed by atoms with E-state index in [0.717, 1.165) is 18.7 Å². The highest BCUT2D eigenvalue weighted by Gasteiger charge is 2.50. The first-order chi connectivity index (χ1) is 10.1. The molecule has 0 aromatic heterocycles. The van der Waals surface area contributed by atoms with Crippen molar-refractivity contribution < 1.29 is 14.0 Å². The van der Waals surface area contributed by atoms with Gasteiger partial charge in [0.1, 0.15) is 12.4 Å². The number of hydrogen-bond acceptors (Lipinski definition) is 3. The Hall–Kier alpha value is -1.14. The lowest BCUT2D eigenvalue weighted by molar-refractivity contribution is 0.0236. The number of ether oxygens (including phenoxy) is 1. The van der Waals surface area contributed by atoms with Crippen molar-refractivity contribution in [2.45, 2.75) is 52.2 Å². The van der Waals surface area contributed by atoms with Gasteiger partial charge in [-0.1, -0.05) is 33.4 Å². The molecule has 1 saturated heterocycles. The highest BCUT2D eigenvalue weighted by Crippen LogP contribution is 2.44. The fraction of sp³-hybridized carbons (Fsp3) is 0.750. The molecule has 0 spiro atoms. The summed E-state index contributed by atoms with van der Waals surface area (Å²) in [6.07, 6.45) is 2.68. The molecule has 126 valence electrons. The second kappa shape index (κ2) is 7.42. The second-order valence-corrected chi connectivity index (χ2v) is 9.52. The molecular formula is C16H30N2O3Si. The Morgan fingerprint density at radius 2 is 2.14 bits per heavy atom. The van der Waals surface area contributed by atoms with Gasteiger partial charge in [0, 0.05) is 13.5 Å². The smallest absolute Gasteiger partial charge is 0.435 e. The van der Waals surface area contributed by atoms with Crippen molar-refractivity contribution in [2.75, 3.05) is 20.3 Å². The summed E-state index contributed by atoms with van der Waals surface area (Å²) in [4.78, 5) is 18.0. The molecule has 0 unspecified atom stereocenters. The van der Waals surface area contributed by atoms with E-state index < -0.39 is 15.1 Å². The van der Waals surface area contributed by atoms with Crippen molar-refractivity contribution >= 4 is 21.0 Å². The van der Waals surface area contributed by atoms with Gasteiger partial charge in [-0.25, -0.2) is 4.79 Å². The summed E-state index contributed by atoms with van der Waals surface area (Å²) in [5.41, 5.74) is -0.116. The lowest BCUT2D eigenvalue weighted by atomic mass is 9.72. The van der Waals surface area contributed by atoms with Crippen LogP contribution in [-0.4, -0.2) is 51.7 Å². The number of carbonyl (C=O) groups is 1. The van der Waals surface area contributed by atoms with Gasteiger partial charge in [0.15, 0.2) is 9.04 Å². The normalized spacial score (nSPS) is 24.1. The minimum absolute atomic E-state index is 0.0212. The van der Waals surface area contributed by atoms with Gasteiger partial charge < -0.3 is 14.1 Å². The molecule has 6 heteroatoms. The fourth-order valence-corrected chi connectivity index (χ4v) is 3.48. The van der Waals surface area contributed by atoms with Gasteiger partial charge in [0.2, 0.25) is 0 Å². The first-order valence-corrected chi connectivity index (χ1v) is 10.6. The quantitative estimate of drug-likeness (QED) is 0.575. The summed E-state index contributed by atoms with van der Waals surface area (Å²) >= 11 is 0. The molecule has 1 heterocycles. The van der Waals surface area contributed by atoms with Crippen LogP contribution in [0.4, 0.5) is 4.79 Å².